The van der Waals surface area contributed by atoms with Crippen molar-refractivity contribution in [1.29, 1.82) is 0 Å². The first kappa shape index (κ1) is 16.6. The smallest absolute Gasteiger partial charge is 0.143 e. The van der Waals surface area contributed by atoms with E-state index in [2.05, 4.69) is 36.6 Å². The van der Waals surface area contributed by atoms with Crippen LogP contribution in [-0.2, 0) is 0 Å². The summed E-state index contributed by atoms with van der Waals surface area (Å²) in [5.41, 5.74) is 7.99. The summed E-state index contributed by atoms with van der Waals surface area (Å²) in [6.07, 6.45) is 1.15. The molecule has 0 atom stereocenters. The van der Waals surface area contributed by atoms with Crippen LogP contribution in [0.3, 0.4) is 0 Å². The van der Waals surface area contributed by atoms with E-state index in [1.807, 2.05) is 12.1 Å². The van der Waals surface area contributed by atoms with E-state index in [1.165, 1.54) is 0 Å². The predicted octanol–water partition coefficient (Wildman–Crippen LogP) is 2.84. The van der Waals surface area contributed by atoms with Crippen LogP contribution in [0.1, 0.15) is 27.2 Å². The van der Waals surface area contributed by atoms with Crippen molar-refractivity contribution in [3.8, 4) is 5.75 Å². The summed E-state index contributed by atoms with van der Waals surface area (Å²) in [6, 6.07) is 5.97. The van der Waals surface area contributed by atoms with Gasteiger partial charge in [0, 0.05) is 13.1 Å². The lowest BCUT2D eigenvalue weighted by atomic mass is 10.2. The van der Waals surface area contributed by atoms with Crippen LogP contribution in [0.5, 0.6) is 5.75 Å². The number of nitrogen functional groups attached to an aromatic ring is 1. The number of nitrogens with zero attached hydrogens (tertiary/aromatic N) is 2. The molecule has 114 valence electrons. The number of anilines is 2. The fourth-order valence-corrected chi connectivity index (χ4v) is 2.46. The van der Waals surface area contributed by atoms with Gasteiger partial charge >= 0.3 is 0 Å². The largest absolute Gasteiger partial charge is 0.495 e. The minimum Gasteiger partial charge on any atom is -0.495 e. The van der Waals surface area contributed by atoms with Crippen LogP contribution in [0.2, 0.25) is 0 Å². The van der Waals surface area contributed by atoms with Gasteiger partial charge in [0.1, 0.15) is 5.75 Å². The molecule has 1 aromatic rings. The Morgan fingerprint density at radius 1 is 1.05 bits per heavy atom. The van der Waals surface area contributed by atoms with Crippen molar-refractivity contribution >= 4 is 11.4 Å². The number of para-hydroxylation sites is 1. The molecule has 1 aromatic carbocycles. The Kier molecular flexibility index (Phi) is 7.23. The van der Waals surface area contributed by atoms with E-state index < -0.39 is 0 Å². The van der Waals surface area contributed by atoms with Crippen LogP contribution in [-0.4, -0.2) is 44.7 Å². The zero-order valence-electron chi connectivity index (χ0n) is 13.4. The molecule has 0 aliphatic rings. The molecular weight excluding hydrogens is 250 g/mol. The molecule has 4 heteroatoms. The molecule has 4 nitrogen and oxygen atoms in total. The van der Waals surface area contributed by atoms with Crippen molar-refractivity contribution < 1.29 is 4.74 Å². The molecule has 0 radical (unpaired) electrons. The molecule has 0 saturated carbocycles. The van der Waals surface area contributed by atoms with E-state index in [4.69, 9.17) is 10.5 Å². The van der Waals surface area contributed by atoms with Gasteiger partial charge in [-0.1, -0.05) is 19.9 Å². The highest BCUT2D eigenvalue weighted by Gasteiger charge is 2.11. The molecule has 0 bridgehead atoms. The van der Waals surface area contributed by atoms with E-state index in [9.17, 15) is 0 Å². The maximum Gasteiger partial charge on any atom is 0.143 e. The Morgan fingerprint density at radius 3 is 2.30 bits per heavy atom. The lowest BCUT2D eigenvalue weighted by Gasteiger charge is -2.27. The summed E-state index contributed by atoms with van der Waals surface area (Å²) in [5, 5.41) is 0. The molecule has 0 fully saturated rings. The SMILES string of the molecule is CCN(CC)CCCN(CC)c1cccc(OC)c1N. The summed E-state index contributed by atoms with van der Waals surface area (Å²) >= 11 is 0. The standard InChI is InChI=1S/C16H29N3O/c1-5-18(6-2)12-9-13-19(7-3)14-10-8-11-15(20-4)16(14)17/h8,10-11H,5-7,9,12-13,17H2,1-4H3. The van der Waals surface area contributed by atoms with Gasteiger partial charge in [-0.2, -0.15) is 0 Å². The Morgan fingerprint density at radius 2 is 1.75 bits per heavy atom. The van der Waals surface area contributed by atoms with E-state index >= 15 is 0 Å². The average Bonchev–Trinajstić information content (AvgIpc) is 2.48. The van der Waals surface area contributed by atoms with Crippen molar-refractivity contribution in [3.63, 3.8) is 0 Å². The fourth-order valence-electron chi connectivity index (χ4n) is 2.46. The maximum absolute atomic E-state index is 6.18. The lowest BCUT2D eigenvalue weighted by molar-refractivity contribution is 0.301. The van der Waals surface area contributed by atoms with Crippen molar-refractivity contribution in [2.24, 2.45) is 0 Å². The Balaban J connectivity index is 2.67. The number of rotatable bonds is 9. The minimum atomic E-state index is 0.736. The topological polar surface area (TPSA) is 41.7 Å². The lowest BCUT2D eigenvalue weighted by Crippen LogP contribution is -2.30. The quantitative estimate of drug-likeness (QED) is 0.706. The molecule has 0 heterocycles. The van der Waals surface area contributed by atoms with Gasteiger partial charge in [0.25, 0.3) is 0 Å². The van der Waals surface area contributed by atoms with Gasteiger partial charge in [0.2, 0.25) is 0 Å². The van der Waals surface area contributed by atoms with Crippen molar-refractivity contribution in [3.05, 3.63) is 18.2 Å². The molecule has 1 rings (SSSR count). The van der Waals surface area contributed by atoms with Gasteiger partial charge in [-0.3, -0.25) is 0 Å². The van der Waals surface area contributed by atoms with Crippen LogP contribution in [0.4, 0.5) is 11.4 Å². The Bertz CT molecular complexity index is 391. The van der Waals surface area contributed by atoms with Crippen LogP contribution in [0.25, 0.3) is 0 Å². The minimum absolute atomic E-state index is 0.736. The second-order valence-electron chi connectivity index (χ2n) is 4.85. The van der Waals surface area contributed by atoms with E-state index in [0.717, 1.165) is 56.3 Å². The van der Waals surface area contributed by atoms with E-state index in [1.54, 1.807) is 7.11 Å². The molecule has 0 aliphatic heterocycles. The maximum atomic E-state index is 6.18. The van der Waals surface area contributed by atoms with Crippen molar-refractivity contribution in [2.45, 2.75) is 27.2 Å². The molecule has 20 heavy (non-hydrogen) atoms. The third kappa shape index (κ3) is 4.30. The first-order valence-corrected chi connectivity index (χ1v) is 7.57. The number of ether oxygens (including phenoxy) is 1. The molecular formula is C16H29N3O. The zero-order chi connectivity index (χ0) is 15.0. The van der Waals surface area contributed by atoms with Crippen molar-refractivity contribution in [1.82, 2.24) is 4.90 Å². The third-order valence-corrected chi connectivity index (χ3v) is 3.78. The Hall–Kier alpha value is -1.42. The number of nitrogens with two attached hydrogens (primary N) is 1. The summed E-state index contributed by atoms with van der Waals surface area (Å²) in [5.74, 6) is 0.754. The first-order valence-electron chi connectivity index (χ1n) is 7.57. The molecule has 0 unspecified atom stereocenters. The first-order chi connectivity index (χ1) is 9.67. The van der Waals surface area contributed by atoms with Crippen LogP contribution in [0, 0.1) is 0 Å². The van der Waals surface area contributed by atoms with E-state index in [-0.39, 0.29) is 0 Å². The number of methoxy groups -OCH3 is 1. The van der Waals surface area contributed by atoms with Gasteiger partial charge in [-0.05, 0) is 45.1 Å². The highest BCUT2D eigenvalue weighted by Crippen LogP contribution is 2.31. The number of hydrogen-bond donors (Lipinski definition) is 1. The van der Waals surface area contributed by atoms with Crippen LogP contribution >= 0.6 is 0 Å². The zero-order valence-corrected chi connectivity index (χ0v) is 13.4. The van der Waals surface area contributed by atoms with Gasteiger partial charge < -0.3 is 20.3 Å². The van der Waals surface area contributed by atoms with Crippen LogP contribution in [0.15, 0.2) is 18.2 Å². The monoisotopic (exact) mass is 279 g/mol. The summed E-state index contributed by atoms with van der Waals surface area (Å²) in [6.45, 7) is 11.9. The highest BCUT2D eigenvalue weighted by molar-refractivity contribution is 5.74. The molecule has 0 aromatic heterocycles. The number of hydrogen-bond acceptors (Lipinski definition) is 4. The molecule has 0 saturated heterocycles. The number of benzene rings is 1. The third-order valence-electron chi connectivity index (χ3n) is 3.78. The molecule has 2 N–H and O–H groups in total. The van der Waals surface area contributed by atoms with Crippen molar-refractivity contribution in [2.75, 3.05) is 50.5 Å². The van der Waals surface area contributed by atoms with Gasteiger partial charge in [0.15, 0.2) is 0 Å². The predicted molar refractivity (Wildman–Crippen MR) is 87.7 cm³/mol. The fraction of sp³-hybridized carbons (Fsp3) is 0.625. The van der Waals surface area contributed by atoms with Gasteiger partial charge in [-0.25, -0.2) is 0 Å². The molecule has 0 spiro atoms. The molecule has 0 aliphatic carbocycles. The Labute approximate surface area is 123 Å². The summed E-state index contributed by atoms with van der Waals surface area (Å²) in [7, 11) is 1.66. The molecule has 0 amide bonds. The summed E-state index contributed by atoms with van der Waals surface area (Å²) < 4.78 is 5.30. The van der Waals surface area contributed by atoms with Gasteiger partial charge in [-0.15, -0.1) is 0 Å². The normalized spacial score (nSPS) is 10.8. The average molecular weight is 279 g/mol. The van der Waals surface area contributed by atoms with E-state index in [0.29, 0.717) is 0 Å². The van der Waals surface area contributed by atoms with Gasteiger partial charge in [0.05, 0.1) is 18.5 Å². The van der Waals surface area contributed by atoms with Crippen LogP contribution < -0.4 is 15.4 Å². The second-order valence-corrected chi connectivity index (χ2v) is 4.85. The summed E-state index contributed by atoms with van der Waals surface area (Å²) in [4.78, 5) is 4.77. The second kappa shape index (κ2) is 8.69. The highest BCUT2D eigenvalue weighted by atomic mass is 16.5.